The maximum atomic E-state index is 12.5. The van der Waals surface area contributed by atoms with E-state index in [1.807, 2.05) is 0 Å². The summed E-state index contributed by atoms with van der Waals surface area (Å²) in [5, 5.41) is 5.52. The third-order valence-corrected chi connectivity index (χ3v) is 3.20. The lowest BCUT2D eigenvalue weighted by molar-refractivity contribution is -0.137. The van der Waals surface area contributed by atoms with Crippen LogP contribution < -0.4 is 10.6 Å². The van der Waals surface area contributed by atoms with E-state index in [4.69, 9.17) is 0 Å². The number of halogens is 3. The van der Waals surface area contributed by atoms with E-state index in [-0.39, 0.29) is 11.3 Å². The number of carbonyl (C=O) groups excluding carboxylic acids is 1. The highest BCUT2D eigenvalue weighted by Crippen LogP contribution is 2.29. The molecule has 24 heavy (non-hydrogen) atoms. The van der Waals surface area contributed by atoms with E-state index in [1.54, 1.807) is 0 Å². The minimum absolute atomic E-state index is 0.218. The molecule has 0 radical (unpaired) electrons. The van der Waals surface area contributed by atoms with Crippen molar-refractivity contribution in [1.82, 2.24) is 9.97 Å². The summed E-state index contributed by atoms with van der Waals surface area (Å²) >= 11 is 0. The molecule has 5 nitrogen and oxygen atoms in total. The maximum absolute atomic E-state index is 12.5. The van der Waals surface area contributed by atoms with Crippen molar-refractivity contribution in [3.05, 3.63) is 47.8 Å². The number of carbonyl (C=O) groups is 1. The van der Waals surface area contributed by atoms with E-state index in [0.29, 0.717) is 5.95 Å². The first kappa shape index (κ1) is 17.7. The predicted molar refractivity (Wildman–Crippen MR) is 84.8 cm³/mol. The highest BCUT2D eigenvalue weighted by molar-refractivity contribution is 6.03. The molecule has 0 fully saturated rings. The number of benzene rings is 1. The van der Waals surface area contributed by atoms with Gasteiger partial charge < -0.3 is 10.6 Å². The molecule has 0 bridgehead atoms. The number of hydrogen-bond donors (Lipinski definition) is 2. The second-order valence-electron chi connectivity index (χ2n) is 5.10. The number of unbranched alkanes of at least 4 members (excludes halogenated alkanes) is 1. The molecule has 0 aliphatic rings. The highest BCUT2D eigenvalue weighted by Gasteiger charge is 2.29. The molecule has 1 aromatic carbocycles. The van der Waals surface area contributed by atoms with Gasteiger partial charge in [-0.1, -0.05) is 13.3 Å². The van der Waals surface area contributed by atoms with E-state index in [1.165, 1.54) is 24.5 Å². The first-order chi connectivity index (χ1) is 11.4. The SMILES string of the molecule is CCCCNc1ncc(C(=O)Nc2ccc(C(F)(F)F)cc2)cn1. The third kappa shape index (κ3) is 4.94. The fourth-order valence-electron chi connectivity index (χ4n) is 1.86. The second kappa shape index (κ2) is 7.76. The van der Waals surface area contributed by atoms with Gasteiger partial charge in [0.1, 0.15) is 0 Å². The minimum Gasteiger partial charge on any atom is -0.354 e. The molecule has 128 valence electrons. The fraction of sp³-hybridized carbons (Fsp3) is 0.312. The fourth-order valence-corrected chi connectivity index (χ4v) is 1.86. The Balaban J connectivity index is 1.96. The molecule has 0 saturated heterocycles. The van der Waals surface area contributed by atoms with Crippen LogP contribution in [-0.4, -0.2) is 22.4 Å². The van der Waals surface area contributed by atoms with Gasteiger partial charge in [-0.2, -0.15) is 13.2 Å². The van der Waals surface area contributed by atoms with Crippen molar-refractivity contribution in [2.75, 3.05) is 17.2 Å². The Kier molecular flexibility index (Phi) is 5.73. The number of nitrogens with zero attached hydrogens (tertiary/aromatic N) is 2. The van der Waals surface area contributed by atoms with Crippen molar-refractivity contribution < 1.29 is 18.0 Å². The van der Waals surface area contributed by atoms with Crippen molar-refractivity contribution in [3.8, 4) is 0 Å². The number of anilines is 2. The quantitative estimate of drug-likeness (QED) is 0.783. The lowest BCUT2D eigenvalue weighted by Crippen LogP contribution is -2.14. The van der Waals surface area contributed by atoms with Gasteiger partial charge in [0.25, 0.3) is 5.91 Å². The molecular weight excluding hydrogens is 321 g/mol. The molecule has 0 atom stereocenters. The van der Waals surface area contributed by atoms with Crippen LogP contribution in [0, 0.1) is 0 Å². The van der Waals surface area contributed by atoms with Gasteiger partial charge in [0.05, 0.1) is 11.1 Å². The van der Waals surface area contributed by atoms with Crippen LogP contribution in [0.3, 0.4) is 0 Å². The van der Waals surface area contributed by atoms with Gasteiger partial charge in [0, 0.05) is 24.6 Å². The zero-order valence-electron chi connectivity index (χ0n) is 13.0. The molecule has 1 amide bonds. The maximum Gasteiger partial charge on any atom is 0.416 e. The molecule has 0 spiro atoms. The standard InChI is InChI=1S/C16H17F3N4O/c1-2-3-8-20-15-21-9-11(10-22-15)14(24)23-13-6-4-12(5-7-13)16(17,18)19/h4-7,9-10H,2-3,8H2,1H3,(H,23,24)(H,20,21,22). The summed E-state index contributed by atoms with van der Waals surface area (Å²) in [6.07, 6.45) is 0.346. The lowest BCUT2D eigenvalue weighted by atomic mass is 10.2. The number of aromatic nitrogens is 2. The van der Waals surface area contributed by atoms with Crippen molar-refractivity contribution in [1.29, 1.82) is 0 Å². The van der Waals surface area contributed by atoms with Crippen LogP contribution in [0.15, 0.2) is 36.7 Å². The van der Waals surface area contributed by atoms with Gasteiger partial charge in [0.15, 0.2) is 0 Å². The van der Waals surface area contributed by atoms with Crippen LogP contribution in [0.25, 0.3) is 0 Å². The molecule has 0 aliphatic carbocycles. The van der Waals surface area contributed by atoms with E-state index < -0.39 is 17.6 Å². The molecule has 0 saturated carbocycles. The van der Waals surface area contributed by atoms with Gasteiger partial charge in [-0.05, 0) is 30.7 Å². The van der Waals surface area contributed by atoms with Crippen LogP contribution in [0.4, 0.5) is 24.8 Å². The summed E-state index contributed by atoms with van der Waals surface area (Å²) in [5.74, 6) is -0.0654. The molecule has 0 unspecified atom stereocenters. The number of amides is 1. The summed E-state index contributed by atoms with van der Waals surface area (Å²) in [4.78, 5) is 20.1. The lowest BCUT2D eigenvalue weighted by Gasteiger charge is -2.09. The first-order valence-corrected chi connectivity index (χ1v) is 7.44. The normalized spacial score (nSPS) is 11.2. The monoisotopic (exact) mass is 338 g/mol. The number of rotatable bonds is 6. The molecular formula is C16H17F3N4O. The molecule has 2 N–H and O–H groups in total. The second-order valence-corrected chi connectivity index (χ2v) is 5.10. The summed E-state index contributed by atoms with van der Waals surface area (Å²) in [5.41, 5.74) is -0.291. The van der Waals surface area contributed by atoms with E-state index in [2.05, 4.69) is 27.5 Å². The van der Waals surface area contributed by atoms with Crippen LogP contribution in [0.5, 0.6) is 0 Å². The van der Waals surface area contributed by atoms with Crippen molar-refractivity contribution >= 4 is 17.5 Å². The summed E-state index contributed by atoms with van der Waals surface area (Å²) in [7, 11) is 0. The average molecular weight is 338 g/mol. The largest absolute Gasteiger partial charge is 0.416 e. The van der Waals surface area contributed by atoms with Crippen molar-refractivity contribution in [3.63, 3.8) is 0 Å². The minimum atomic E-state index is -4.41. The molecule has 0 aliphatic heterocycles. The number of hydrogen-bond acceptors (Lipinski definition) is 4. The van der Waals surface area contributed by atoms with Crippen molar-refractivity contribution in [2.45, 2.75) is 25.9 Å². The first-order valence-electron chi connectivity index (χ1n) is 7.44. The van der Waals surface area contributed by atoms with Gasteiger partial charge in [-0.3, -0.25) is 4.79 Å². The molecule has 1 heterocycles. The van der Waals surface area contributed by atoms with Gasteiger partial charge in [-0.15, -0.1) is 0 Å². The Hall–Kier alpha value is -2.64. The van der Waals surface area contributed by atoms with E-state index in [9.17, 15) is 18.0 Å². The zero-order valence-corrected chi connectivity index (χ0v) is 13.0. The summed E-state index contributed by atoms with van der Waals surface area (Å²) in [6.45, 7) is 2.81. The molecule has 8 heteroatoms. The Morgan fingerprint density at radius 2 is 1.75 bits per heavy atom. The summed E-state index contributed by atoms with van der Waals surface area (Å²) in [6, 6.07) is 4.21. The Bertz CT molecular complexity index is 669. The Morgan fingerprint density at radius 1 is 1.12 bits per heavy atom. The topological polar surface area (TPSA) is 66.9 Å². The van der Waals surface area contributed by atoms with Crippen LogP contribution in [0.2, 0.25) is 0 Å². The Morgan fingerprint density at radius 3 is 2.29 bits per heavy atom. The van der Waals surface area contributed by atoms with Crippen molar-refractivity contribution in [2.24, 2.45) is 0 Å². The van der Waals surface area contributed by atoms with Crippen LogP contribution in [-0.2, 0) is 6.18 Å². The molecule has 1 aromatic heterocycles. The van der Waals surface area contributed by atoms with E-state index in [0.717, 1.165) is 31.5 Å². The van der Waals surface area contributed by atoms with Gasteiger partial charge >= 0.3 is 6.18 Å². The third-order valence-electron chi connectivity index (χ3n) is 3.20. The molecule has 2 rings (SSSR count). The van der Waals surface area contributed by atoms with Gasteiger partial charge in [-0.25, -0.2) is 9.97 Å². The molecule has 2 aromatic rings. The Labute approximate surface area is 137 Å². The zero-order chi connectivity index (χ0) is 17.6. The smallest absolute Gasteiger partial charge is 0.354 e. The number of nitrogens with one attached hydrogen (secondary N) is 2. The van der Waals surface area contributed by atoms with Gasteiger partial charge in [0.2, 0.25) is 5.95 Å². The predicted octanol–water partition coefficient (Wildman–Crippen LogP) is 3.96. The summed E-state index contributed by atoms with van der Waals surface area (Å²) < 4.78 is 37.5. The highest BCUT2D eigenvalue weighted by atomic mass is 19.4. The van der Waals surface area contributed by atoms with E-state index >= 15 is 0 Å². The van der Waals surface area contributed by atoms with Crippen LogP contribution >= 0.6 is 0 Å². The average Bonchev–Trinajstić information content (AvgIpc) is 2.55. The number of alkyl halides is 3. The van der Waals surface area contributed by atoms with Crippen LogP contribution in [0.1, 0.15) is 35.7 Å².